The van der Waals surface area contributed by atoms with E-state index in [2.05, 4.69) is 4.98 Å². The fourth-order valence-electron chi connectivity index (χ4n) is 1.60. The number of nitrogens with zero attached hydrogens (tertiary/aromatic N) is 3. The molecule has 7 heteroatoms. The second-order valence-electron chi connectivity index (χ2n) is 4.07. The van der Waals surface area contributed by atoms with Crippen molar-refractivity contribution in [3.63, 3.8) is 0 Å². The Morgan fingerprint density at radius 2 is 2.40 bits per heavy atom. The van der Waals surface area contributed by atoms with Gasteiger partial charge in [0.15, 0.2) is 0 Å². The molecule has 0 N–H and O–H groups in total. The molecule has 0 saturated heterocycles. The number of hydrogen-bond donors (Lipinski definition) is 0. The van der Waals surface area contributed by atoms with E-state index >= 15 is 0 Å². The van der Waals surface area contributed by atoms with Crippen LogP contribution in [0.2, 0.25) is 0 Å². The molecule has 0 atom stereocenters. The van der Waals surface area contributed by atoms with Crippen LogP contribution in [0.3, 0.4) is 0 Å². The minimum atomic E-state index is -2.65. The maximum absolute atomic E-state index is 12.7. The lowest BCUT2D eigenvalue weighted by Crippen LogP contribution is -2.26. The topological polar surface area (TPSA) is 38.1 Å². The van der Waals surface area contributed by atoms with E-state index in [9.17, 15) is 13.6 Å². The van der Waals surface area contributed by atoms with Crippen molar-refractivity contribution in [3.05, 3.63) is 46.7 Å². The lowest BCUT2D eigenvalue weighted by molar-refractivity contribution is -0.125. The average Bonchev–Trinajstić information content (AvgIpc) is 3.06. The van der Waals surface area contributed by atoms with Gasteiger partial charge in [0.05, 0.1) is 6.54 Å². The molecule has 1 amide bonds. The Labute approximate surface area is 119 Å². The number of carbonyl (C=O) groups excluding carboxylic acids is 1. The minimum Gasteiger partial charge on any atom is -0.335 e. The SMILES string of the molecule is CN(Cc1nccn1C(F)F)C(=O)/C=C/c1cccs1. The van der Waals surface area contributed by atoms with Crippen molar-refractivity contribution in [2.75, 3.05) is 7.05 Å². The van der Waals surface area contributed by atoms with Crippen LogP contribution >= 0.6 is 11.3 Å². The van der Waals surface area contributed by atoms with Crippen molar-refractivity contribution in [2.24, 2.45) is 0 Å². The van der Waals surface area contributed by atoms with Crippen molar-refractivity contribution in [1.82, 2.24) is 14.5 Å². The highest BCUT2D eigenvalue weighted by atomic mass is 32.1. The van der Waals surface area contributed by atoms with E-state index < -0.39 is 6.55 Å². The summed E-state index contributed by atoms with van der Waals surface area (Å²) >= 11 is 1.52. The van der Waals surface area contributed by atoms with Crippen LogP contribution in [0.25, 0.3) is 6.08 Å². The van der Waals surface area contributed by atoms with Gasteiger partial charge in [0.2, 0.25) is 5.91 Å². The largest absolute Gasteiger partial charge is 0.335 e. The van der Waals surface area contributed by atoms with E-state index in [0.717, 1.165) is 9.44 Å². The van der Waals surface area contributed by atoms with Crippen LogP contribution in [0.5, 0.6) is 0 Å². The lowest BCUT2D eigenvalue weighted by Gasteiger charge is -2.15. The van der Waals surface area contributed by atoms with Gasteiger partial charge in [-0.15, -0.1) is 11.3 Å². The van der Waals surface area contributed by atoms with E-state index in [1.54, 1.807) is 13.1 Å². The van der Waals surface area contributed by atoms with E-state index in [-0.39, 0.29) is 18.3 Å². The molecule has 0 aliphatic rings. The highest BCUT2D eigenvalue weighted by Gasteiger charge is 2.14. The summed E-state index contributed by atoms with van der Waals surface area (Å²) in [7, 11) is 1.55. The Morgan fingerprint density at radius 1 is 1.60 bits per heavy atom. The fourth-order valence-corrected chi connectivity index (χ4v) is 2.22. The molecule has 0 unspecified atom stereocenters. The molecule has 0 aromatic carbocycles. The Bertz CT molecular complexity index is 593. The second kappa shape index (κ2) is 6.42. The first-order chi connectivity index (χ1) is 9.58. The maximum atomic E-state index is 12.7. The summed E-state index contributed by atoms with van der Waals surface area (Å²) < 4.78 is 26.0. The lowest BCUT2D eigenvalue weighted by atomic mass is 10.3. The van der Waals surface area contributed by atoms with Gasteiger partial charge in [-0.1, -0.05) is 6.07 Å². The standard InChI is InChI=1S/C13H13F2N3OS/c1-17(9-11-16-6-7-18(11)13(14)15)12(19)5-4-10-3-2-8-20-10/h2-8,13H,9H2,1H3/b5-4+. The first kappa shape index (κ1) is 14.4. The molecular weight excluding hydrogens is 284 g/mol. The van der Waals surface area contributed by atoms with E-state index in [1.165, 1.54) is 34.7 Å². The number of likely N-dealkylation sites (N-methyl/N-ethyl adjacent to an activating group) is 1. The monoisotopic (exact) mass is 297 g/mol. The molecule has 2 aromatic heterocycles. The summed E-state index contributed by atoms with van der Waals surface area (Å²) in [4.78, 5) is 18.0. The highest BCUT2D eigenvalue weighted by Crippen LogP contribution is 2.14. The van der Waals surface area contributed by atoms with Gasteiger partial charge in [0, 0.05) is 30.4 Å². The third-order valence-electron chi connectivity index (χ3n) is 2.65. The number of halogens is 2. The summed E-state index contributed by atoms with van der Waals surface area (Å²) in [5.74, 6) is -0.109. The number of hydrogen-bond acceptors (Lipinski definition) is 3. The van der Waals surface area contributed by atoms with Crippen molar-refractivity contribution in [1.29, 1.82) is 0 Å². The van der Waals surface area contributed by atoms with Gasteiger partial charge in [0.25, 0.3) is 0 Å². The van der Waals surface area contributed by atoms with Gasteiger partial charge in [-0.25, -0.2) is 4.98 Å². The van der Waals surface area contributed by atoms with Crippen LogP contribution in [0.15, 0.2) is 36.0 Å². The molecule has 0 fully saturated rings. The number of rotatable bonds is 5. The summed E-state index contributed by atoms with van der Waals surface area (Å²) in [5.41, 5.74) is 0. The van der Waals surface area contributed by atoms with Crippen molar-refractivity contribution < 1.29 is 13.6 Å². The van der Waals surface area contributed by atoms with Crippen LogP contribution in [-0.4, -0.2) is 27.4 Å². The quantitative estimate of drug-likeness (QED) is 0.796. The molecule has 0 aliphatic carbocycles. The summed E-state index contributed by atoms with van der Waals surface area (Å²) in [6.07, 6.45) is 5.60. The van der Waals surface area contributed by atoms with Crippen LogP contribution in [0.4, 0.5) is 8.78 Å². The predicted octanol–water partition coefficient (Wildman–Crippen LogP) is 3.01. The first-order valence-electron chi connectivity index (χ1n) is 5.84. The van der Waals surface area contributed by atoms with Gasteiger partial charge >= 0.3 is 6.55 Å². The number of carbonyl (C=O) groups is 1. The van der Waals surface area contributed by atoms with Crippen molar-refractivity contribution in [2.45, 2.75) is 13.1 Å². The first-order valence-corrected chi connectivity index (χ1v) is 6.72. The third kappa shape index (κ3) is 3.51. The number of aromatic nitrogens is 2. The van der Waals surface area contributed by atoms with Gasteiger partial charge in [-0.3, -0.25) is 9.36 Å². The fraction of sp³-hybridized carbons (Fsp3) is 0.231. The van der Waals surface area contributed by atoms with Crippen LogP contribution in [0, 0.1) is 0 Å². The van der Waals surface area contributed by atoms with Crippen molar-refractivity contribution in [3.8, 4) is 0 Å². The summed E-state index contributed by atoms with van der Waals surface area (Å²) in [6.45, 7) is -2.62. The second-order valence-corrected chi connectivity index (χ2v) is 5.05. The zero-order valence-corrected chi connectivity index (χ0v) is 11.6. The van der Waals surface area contributed by atoms with Crippen LogP contribution in [-0.2, 0) is 11.3 Å². The number of imidazole rings is 1. The molecular formula is C13H13F2N3OS. The number of alkyl halides is 2. The molecule has 0 bridgehead atoms. The van der Waals surface area contributed by atoms with Gasteiger partial charge in [-0.05, 0) is 17.5 Å². The average molecular weight is 297 g/mol. The zero-order chi connectivity index (χ0) is 14.5. The molecule has 0 radical (unpaired) electrons. The Balaban J connectivity index is 1.99. The minimum absolute atomic E-state index is 0.0327. The molecule has 0 saturated carbocycles. The third-order valence-corrected chi connectivity index (χ3v) is 3.48. The Hall–Kier alpha value is -2.02. The zero-order valence-electron chi connectivity index (χ0n) is 10.7. The van der Waals surface area contributed by atoms with E-state index in [1.807, 2.05) is 17.5 Å². The normalized spacial score (nSPS) is 11.4. The van der Waals surface area contributed by atoms with Gasteiger partial charge in [-0.2, -0.15) is 8.78 Å². The molecule has 0 spiro atoms. The van der Waals surface area contributed by atoms with Gasteiger partial charge < -0.3 is 4.90 Å². The Kier molecular flexibility index (Phi) is 4.62. The van der Waals surface area contributed by atoms with E-state index in [0.29, 0.717) is 0 Å². The maximum Gasteiger partial charge on any atom is 0.319 e. The van der Waals surface area contributed by atoms with Crippen molar-refractivity contribution >= 4 is 23.3 Å². The molecule has 0 aliphatic heterocycles. The molecule has 4 nitrogen and oxygen atoms in total. The Morgan fingerprint density at radius 3 is 3.05 bits per heavy atom. The molecule has 2 rings (SSSR count). The van der Waals surface area contributed by atoms with E-state index in [4.69, 9.17) is 0 Å². The molecule has 20 heavy (non-hydrogen) atoms. The predicted molar refractivity (Wildman–Crippen MR) is 73.3 cm³/mol. The van der Waals surface area contributed by atoms with Gasteiger partial charge in [0.1, 0.15) is 5.82 Å². The number of amides is 1. The summed E-state index contributed by atoms with van der Waals surface area (Å²) in [6, 6.07) is 3.77. The molecule has 2 aromatic rings. The highest BCUT2D eigenvalue weighted by molar-refractivity contribution is 7.10. The molecule has 106 valence electrons. The summed E-state index contributed by atoms with van der Waals surface area (Å²) in [5, 5.41) is 1.91. The van der Waals surface area contributed by atoms with Crippen LogP contribution in [0.1, 0.15) is 17.3 Å². The molecule has 2 heterocycles. The number of thiophene rings is 1. The smallest absolute Gasteiger partial charge is 0.319 e. The van der Waals surface area contributed by atoms with Crippen LogP contribution < -0.4 is 0 Å².